The van der Waals surface area contributed by atoms with E-state index >= 15 is 0 Å². The minimum atomic E-state index is -0.460. The van der Waals surface area contributed by atoms with Gasteiger partial charge in [0.1, 0.15) is 11.3 Å². The fourth-order valence-electron chi connectivity index (χ4n) is 7.78. The summed E-state index contributed by atoms with van der Waals surface area (Å²) < 4.78 is 10.6. The van der Waals surface area contributed by atoms with E-state index in [0.29, 0.717) is 30.6 Å². The Labute approximate surface area is 241 Å². The van der Waals surface area contributed by atoms with E-state index in [0.717, 1.165) is 80.3 Å². The fraction of sp³-hybridized carbons (Fsp3) is 0.594. The molecule has 2 atom stereocenters. The first-order valence-electron chi connectivity index (χ1n) is 15.6. The number of carbonyl (C=O) groups excluding carboxylic acids is 1. The molecule has 1 spiro atoms. The number of ether oxygens (including phenoxy) is 1. The number of imidazole rings is 1. The van der Waals surface area contributed by atoms with Crippen molar-refractivity contribution in [2.75, 3.05) is 6.54 Å². The van der Waals surface area contributed by atoms with Gasteiger partial charge in [0.05, 0.1) is 53.8 Å². The Morgan fingerprint density at radius 1 is 1.10 bits per heavy atom. The van der Waals surface area contributed by atoms with E-state index in [1.54, 1.807) is 0 Å². The molecule has 3 aromatic rings. The van der Waals surface area contributed by atoms with Gasteiger partial charge >= 0.3 is 6.09 Å². The normalized spacial score (nSPS) is 25.4. The standard InChI is InChI=1S/C32H39N7O2/c33-18-23-13-14-27-29(16-23)38(22-34-27)19-24-8-7-15-32(17-24)21-37(31(40)41-32)20-28-30(25-9-3-1-4-10-25)39(36-35-28)26-11-5-2-6-12-26/h9,13-14,16,22,24,26H,1-8,10-12,15,17,19-21H2/t24-,32-/m0/s1. The first-order valence-corrected chi connectivity index (χ1v) is 15.6. The Kier molecular flexibility index (Phi) is 7.01. The Balaban J connectivity index is 1.09. The lowest BCUT2D eigenvalue weighted by molar-refractivity contribution is 0.00415. The zero-order valence-corrected chi connectivity index (χ0v) is 23.8. The molecule has 3 aliphatic carbocycles. The molecule has 1 amide bonds. The second kappa shape index (κ2) is 11.0. The molecule has 2 saturated carbocycles. The van der Waals surface area contributed by atoms with Crippen LogP contribution in [0.4, 0.5) is 4.79 Å². The van der Waals surface area contributed by atoms with Crippen molar-refractivity contribution in [3.8, 4) is 6.07 Å². The third kappa shape index (κ3) is 5.13. The smallest absolute Gasteiger partial charge is 0.410 e. The van der Waals surface area contributed by atoms with E-state index in [1.165, 1.54) is 37.7 Å². The van der Waals surface area contributed by atoms with Crippen LogP contribution in [0.25, 0.3) is 16.6 Å². The molecule has 1 aromatic carbocycles. The molecular formula is C32H39N7O2. The number of hydrogen-bond donors (Lipinski definition) is 0. The predicted octanol–water partition coefficient (Wildman–Crippen LogP) is 6.54. The first-order chi connectivity index (χ1) is 20.1. The summed E-state index contributed by atoms with van der Waals surface area (Å²) in [5.41, 5.74) is 5.51. The van der Waals surface area contributed by atoms with Crippen molar-refractivity contribution < 1.29 is 9.53 Å². The van der Waals surface area contributed by atoms with Gasteiger partial charge in [-0.15, -0.1) is 5.10 Å². The molecule has 41 heavy (non-hydrogen) atoms. The highest BCUT2D eigenvalue weighted by atomic mass is 16.6. The molecule has 3 heterocycles. The number of benzene rings is 1. The van der Waals surface area contributed by atoms with Crippen LogP contribution in [0.1, 0.15) is 106 Å². The average Bonchev–Trinajstić information content (AvgIpc) is 3.69. The molecule has 0 unspecified atom stereocenters. The van der Waals surface area contributed by atoms with Gasteiger partial charge in [0.2, 0.25) is 0 Å². The van der Waals surface area contributed by atoms with Crippen molar-refractivity contribution in [2.45, 2.75) is 108 Å². The summed E-state index contributed by atoms with van der Waals surface area (Å²) in [6.45, 7) is 1.85. The van der Waals surface area contributed by atoms with Crippen LogP contribution in [0.2, 0.25) is 0 Å². The summed E-state index contributed by atoms with van der Waals surface area (Å²) in [5.74, 6) is 0.370. The van der Waals surface area contributed by atoms with E-state index < -0.39 is 5.60 Å². The molecule has 4 aliphatic rings. The number of amides is 1. The topological polar surface area (TPSA) is 102 Å². The first kappa shape index (κ1) is 26.2. The summed E-state index contributed by atoms with van der Waals surface area (Å²) >= 11 is 0. The fourth-order valence-corrected chi connectivity index (χ4v) is 7.78. The number of nitriles is 1. The lowest BCUT2D eigenvalue weighted by Crippen LogP contribution is -2.40. The van der Waals surface area contributed by atoms with Crippen LogP contribution in [-0.4, -0.2) is 47.7 Å². The van der Waals surface area contributed by atoms with Crippen molar-refractivity contribution in [1.29, 1.82) is 5.26 Å². The Morgan fingerprint density at radius 3 is 2.83 bits per heavy atom. The average molecular weight is 554 g/mol. The molecule has 1 saturated heterocycles. The van der Waals surface area contributed by atoms with Crippen molar-refractivity contribution in [1.82, 2.24) is 29.4 Å². The number of fused-ring (bicyclic) bond motifs is 1. The maximum atomic E-state index is 13.3. The SMILES string of the molecule is N#Cc1ccc2ncn(C[C@H]3CCC[C@]4(C3)CN(Cc3nnn(C5CCCCC5)c3C3=CCCCC3)C(=O)O4)c2c1. The van der Waals surface area contributed by atoms with Crippen molar-refractivity contribution in [3.05, 3.63) is 47.6 Å². The molecule has 2 aromatic heterocycles. The third-order valence-corrected chi connectivity index (χ3v) is 9.77. The molecular weight excluding hydrogens is 514 g/mol. The van der Waals surface area contributed by atoms with Crippen LogP contribution in [0, 0.1) is 17.2 Å². The Bertz CT molecular complexity index is 1510. The maximum Gasteiger partial charge on any atom is 0.410 e. The monoisotopic (exact) mass is 553 g/mol. The van der Waals surface area contributed by atoms with Crippen molar-refractivity contribution in [2.24, 2.45) is 5.92 Å². The van der Waals surface area contributed by atoms with Crippen molar-refractivity contribution in [3.63, 3.8) is 0 Å². The van der Waals surface area contributed by atoms with Crippen molar-refractivity contribution >= 4 is 22.7 Å². The van der Waals surface area contributed by atoms with Gasteiger partial charge < -0.3 is 9.30 Å². The molecule has 9 nitrogen and oxygen atoms in total. The second-order valence-electron chi connectivity index (χ2n) is 12.7. The molecule has 0 radical (unpaired) electrons. The summed E-state index contributed by atoms with van der Waals surface area (Å²) in [5, 5.41) is 18.7. The van der Waals surface area contributed by atoms with Crippen LogP contribution in [0.15, 0.2) is 30.6 Å². The summed E-state index contributed by atoms with van der Waals surface area (Å²) in [4.78, 5) is 19.7. The van der Waals surface area contributed by atoms with E-state index in [2.05, 4.69) is 26.4 Å². The molecule has 7 rings (SSSR count). The molecule has 0 N–H and O–H groups in total. The van der Waals surface area contributed by atoms with Crippen LogP contribution < -0.4 is 0 Å². The van der Waals surface area contributed by atoms with E-state index in [4.69, 9.17) is 15.0 Å². The lowest BCUT2D eigenvalue weighted by atomic mass is 9.78. The van der Waals surface area contributed by atoms with Crippen LogP contribution >= 0.6 is 0 Å². The quantitative estimate of drug-likeness (QED) is 0.343. The highest BCUT2D eigenvalue weighted by Gasteiger charge is 2.48. The largest absolute Gasteiger partial charge is 0.441 e. The number of rotatable bonds is 6. The van der Waals surface area contributed by atoms with Gasteiger partial charge in [0, 0.05) is 6.54 Å². The Morgan fingerprint density at radius 2 is 2.00 bits per heavy atom. The minimum Gasteiger partial charge on any atom is -0.441 e. The van der Waals surface area contributed by atoms with E-state index in [1.807, 2.05) is 29.4 Å². The van der Waals surface area contributed by atoms with Gasteiger partial charge in [0.15, 0.2) is 0 Å². The minimum absolute atomic E-state index is 0.229. The number of aromatic nitrogens is 5. The summed E-state index contributed by atoms with van der Waals surface area (Å²) in [6, 6.07) is 8.27. The van der Waals surface area contributed by atoms with Gasteiger partial charge in [0.25, 0.3) is 0 Å². The van der Waals surface area contributed by atoms with E-state index in [-0.39, 0.29) is 6.09 Å². The zero-order chi connectivity index (χ0) is 27.8. The van der Waals surface area contributed by atoms with Gasteiger partial charge in [-0.2, -0.15) is 5.26 Å². The molecule has 3 fully saturated rings. The number of nitrogens with zero attached hydrogens (tertiary/aromatic N) is 7. The molecule has 1 aliphatic heterocycles. The van der Waals surface area contributed by atoms with Gasteiger partial charge in [-0.05, 0) is 93.9 Å². The highest BCUT2D eigenvalue weighted by molar-refractivity contribution is 5.77. The molecule has 9 heteroatoms. The number of allylic oxidation sites excluding steroid dienone is 2. The summed E-state index contributed by atoms with van der Waals surface area (Å²) in [7, 11) is 0. The number of carbonyl (C=O) groups is 1. The van der Waals surface area contributed by atoms with Gasteiger partial charge in [-0.1, -0.05) is 30.6 Å². The van der Waals surface area contributed by atoms with Gasteiger partial charge in [-0.25, -0.2) is 14.5 Å². The summed E-state index contributed by atoms with van der Waals surface area (Å²) in [6.07, 6.45) is 18.6. The lowest BCUT2D eigenvalue weighted by Gasteiger charge is -2.36. The second-order valence-corrected chi connectivity index (χ2v) is 12.7. The number of hydrogen-bond acceptors (Lipinski definition) is 6. The van der Waals surface area contributed by atoms with Gasteiger partial charge in [-0.3, -0.25) is 4.90 Å². The Hall–Kier alpha value is -3.67. The van der Waals surface area contributed by atoms with Crippen LogP contribution in [-0.2, 0) is 17.8 Å². The predicted molar refractivity (Wildman–Crippen MR) is 155 cm³/mol. The molecule has 214 valence electrons. The molecule has 0 bridgehead atoms. The van der Waals surface area contributed by atoms with E-state index in [9.17, 15) is 10.1 Å². The highest BCUT2D eigenvalue weighted by Crippen LogP contribution is 2.42. The maximum absolute atomic E-state index is 13.3. The van der Waals surface area contributed by atoms with Crippen LogP contribution in [0.3, 0.4) is 0 Å². The zero-order valence-electron chi connectivity index (χ0n) is 23.8. The van der Waals surface area contributed by atoms with Crippen LogP contribution in [0.5, 0.6) is 0 Å². The third-order valence-electron chi connectivity index (χ3n) is 9.77.